The molecule has 0 unspecified atom stereocenters. The van der Waals surface area contributed by atoms with Gasteiger partial charge in [0.25, 0.3) is 0 Å². The molecule has 0 saturated carbocycles. The molecule has 5 heteroatoms. The minimum Gasteiger partial charge on any atom is -0.478 e. The molecular formula is C21H21NO4. The maximum absolute atomic E-state index is 10.5. The number of rotatable bonds is 4. The van der Waals surface area contributed by atoms with Gasteiger partial charge in [-0.3, -0.25) is 0 Å². The lowest BCUT2D eigenvalue weighted by Crippen LogP contribution is -2.02. The van der Waals surface area contributed by atoms with E-state index in [1.165, 1.54) is 23.3 Å². The van der Waals surface area contributed by atoms with Crippen LogP contribution in [0.4, 0.5) is 0 Å². The standard InChI is InChI=1S/C12H13N.C9H8O4/c1-11-4-6-12(7-5-11)10-13-8-2-3-9-13;1-5-2-6(8(10)11)4-7(3-5)9(12)13/h2-9H,10H2,1H3;2-4H,1H3,(H,10,11)(H,12,13). The Morgan fingerprint density at radius 1 is 0.808 bits per heavy atom. The van der Waals surface area contributed by atoms with E-state index in [-0.39, 0.29) is 11.1 Å². The Morgan fingerprint density at radius 2 is 1.31 bits per heavy atom. The molecule has 5 nitrogen and oxygen atoms in total. The summed E-state index contributed by atoms with van der Waals surface area (Å²) in [4.78, 5) is 21.1. The van der Waals surface area contributed by atoms with Crippen molar-refractivity contribution in [2.45, 2.75) is 20.4 Å². The predicted molar refractivity (Wildman–Crippen MR) is 99.8 cm³/mol. The normalized spacial score (nSPS) is 9.92. The summed E-state index contributed by atoms with van der Waals surface area (Å²) >= 11 is 0. The topological polar surface area (TPSA) is 79.5 Å². The Bertz CT molecular complexity index is 849. The highest BCUT2D eigenvalue weighted by Gasteiger charge is 2.09. The predicted octanol–water partition coefficient (Wildman–Crippen LogP) is 4.24. The highest BCUT2D eigenvalue weighted by Crippen LogP contribution is 2.09. The number of aromatic nitrogens is 1. The van der Waals surface area contributed by atoms with Gasteiger partial charge < -0.3 is 14.8 Å². The van der Waals surface area contributed by atoms with Gasteiger partial charge in [0, 0.05) is 18.9 Å². The van der Waals surface area contributed by atoms with E-state index in [0.29, 0.717) is 5.56 Å². The average Bonchev–Trinajstić information content (AvgIpc) is 3.10. The molecule has 0 aliphatic rings. The van der Waals surface area contributed by atoms with E-state index >= 15 is 0 Å². The van der Waals surface area contributed by atoms with Crippen LogP contribution in [-0.2, 0) is 6.54 Å². The number of hydrogen-bond acceptors (Lipinski definition) is 2. The lowest BCUT2D eigenvalue weighted by molar-refractivity contribution is 0.0696. The second-order valence-corrected chi connectivity index (χ2v) is 6.04. The molecule has 26 heavy (non-hydrogen) atoms. The third-order valence-corrected chi connectivity index (χ3v) is 3.72. The minimum absolute atomic E-state index is 0.00241. The van der Waals surface area contributed by atoms with E-state index < -0.39 is 11.9 Å². The molecule has 3 rings (SSSR count). The first kappa shape index (κ1) is 19.0. The third kappa shape index (κ3) is 5.63. The fourth-order valence-electron chi connectivity index (χ4n) is 2.41. The van der Waals surface area contributed by atoms with Crippen molar-refractivity contribution in [1.29, 1.82) is 0 Å². The molecule has 0 fully saturated rings. The van der Waals surface area contributed by atoms with E-state index in [1.807, 2.05) is 12.1 Å². The van der Waals surface area contributed by atoms with Crippen LogP contribution in [0.2, 0.25) is 0 Å². The third-order valence-electron chi connectivity index (χ3n) is 3.72. The zero-order chi connectivity index (χ0) is 19.1. The van der Waals surface area contributed by atoms with Crippen LogP contribution in [0, 0.1) is 13.8 Å². The van der Waals surface area contributed by atoms with Gasteiger partial charge in [-0.05, 0) is 55.3 Å². The Morgan fingerprint density at radius 3 is 1.77 bits per heavy atom. The monoisotopic (exact) mass is 351 g/mol. The van der Waals surface area contributed by atoms with Gasteiger partial charge in [-0.25, -0.2) is 9.59 Å². The van der Waals surface area contributed by atoms with Gasteiger partial charge in [-0.1, -0.05) is 29.8 Å². The average molecular weight is 351 g/mol. The molecule has 0 amide bonds. The molecule has 0 spiro atoms. The van der Waals surface area contributed by atoms with Gasteiger partial charge in [-0.15, -0.1) is 0 Å². The number of aromatic carboxylic acids is 2. The van der Waals surface area contributed by atoms with E-state index in [4.69, 9.17) is 10.2 Å². The van der Waals surface area contributed by atoms with Crippen LogP contribution in [0.15, 0.2) is 67.0 Å². The first-order valence-electron chi connectivity index (χ1n) is 8.10. The van der Waals surface area contributed by atoms with Crippen molar-refractivity contribution in [3.05, 3.63) is 94.8 Å². The molecule has 0 atom stereocenters. The molecule has 3 aromatic rings. The summed E-state index contributed by atoms with van der Waals surface area (Å²) in [5.74, 6) is -2.24. The summed E-state index contributed by atoms with van der Waals surface area (Å²) in [5.41, 5.74) is 3.28. The van der Waals surface area contributed by atoms with Crippen LogP contribution in [0.3, 0.4) is 0 Å². The first-order chi connectivity index (χ1) is 12.3. The summed E-state index contributed by atoms with van der Waals surface area (Å²) in [6.45, 7) is 4.73. The Labute approximate surface area is 152 Å². The quantitative estimate of drug-likeness (QED) is 0.737. The highest BCUT2D eigenvalue weighted by molar-refractivity contribution is 5.94. The minimum atomic E-state index is -1.12. The van der Waals surface area contributed by atoms with Gasteiger partial charge in [-0.2, -0.15) is 0 Å². The Balaban J connectivity index is 0.000000187. The molecule has 2 N–H and O–H groups in total. The summed E-state index contributed by atoms with van der Waals surface area (Å²) in [6, 6.07) is 16.7. The van der Waals surface area contributed by atoms with Gasteiger partial charge in [0.1, 0.15) is 0 Å². The fraction of sp³-hybridized carbons (Fsp3) is 0.143. The van der Waals surface area contributed by atoms with Gasteiger partial charge in [0.15, 0.2) is 0 Å². The molecule has 0 aliphatic carbocycles. The Hall–Kier alpha value is -3.34. The second kappa shape index (κ2) is 8.67. The number of aryl methyl sites for hydroxylation is 2. The lowest BCUT2D eigenvalue weighted by atomic mass is 10.1. The maximum Gasteiger partial charge on any atom is 0.335 e. The van der Waals surface area contributed by atoms with Crippen molar-refractivity contribution < 1.29 is 19.8 Å². The van der Waals surface area contributed by atoms with Crippen LogP contribution in [-0.4, -0.2) is 26.7 Å². The summed E-state index contributed by atoms with van der Waals surface area (Å²) in [7, 11) is 0. The van der Waals surface area contributed by atoms with Crippen LogP contribution in [0.25, 0.3) is 0 Å². The van der Waals surface area contributed by atoms with Gasteiger partial charge in [0.2, 0.25) is 0 Å². The molecular weight excluding hydrogens is 330 g/mol. The largest absolute Gasteiger partial charge is 0.478 e. The van der Waals surface area contributed by atoms with Crippen LogP contribution >= 0.6 is 0 Å². The number of hydrogen-bond donors (Lipinski definition) is 2. The molecule has 2 aromatic carbocycles. The van der Waals surface area contributed by atoms with Crippen molar-refractivity contribution in [1.82, 2.24) is 4.57 Å². The van der Waals surface area contributed by atoms with Crippen molar-refractivity contribution in [2.24, 2.45) is 0 Å². The molecule has 134 valence electrons. The summed E-state index contributed by atoms with van der Waals surface area (Å²) in [5, 5.41) is 17.2. The summed E-state index contributed by atoms with van der Waals surface area (Å²) in [6.07, 6.45) is 4.17. The number of carbonyl (C=O) groups is 2. The number of benzene rings is 2. The van der Waals surface area contributed by atoms with E-state index in [2.05, 4.69) is 48.1 Å². The number of carboxylic acid groups (broad SMARTS) is 2. The van der Waals surface area contributed by atoms with Crippen molar-refractivity contribution in [3.63, 3.8) is 0 Å². The van der Waals surface area contributed by atoms with Crippen molar-refractivity contribution >= 4 is 11.9 Å². The number of nitrogens with zero attached hydrogens (tertiary/aromatic N) is 1. The molecule has 0 radical (unpaired) electrons. The first-order valence-corrected chi connectivity index (χ1v) is 8.10. The van der Waals surface area contributed by atoms with Gasteiger partial charge >= 0.3 is 11.9 Å². The zero-order valence-electron chi connectivity index (χ0n) is 14.7. The molecule has 1 aromatic heterocycles. The van der Waals surface area contributed by atoms with E-state index in [9.17, 15) is 9.59 Å². The zero-order valence-corrected chi connectivity index (χ0v) is 14.7. The SMILES string of the molecule is Cc1cc(C(=O)O)cc(C(=O)O)c1.Cc1ccc(Cn2cccc2)cc1. The number of carboxylic acids is 2. The molecule has 0 bridgehead atoms. The van der Waals surface area contributed by atoms with E-state index in [1.54, 1.807) is 6.92 Å². The van der Waals surface area contributed by atoms with E-state index in [0.717, 1.165) is 12.6 Å². The smallest absolute Gasteiger partial charge is 0.335 e. The maximum atomic E-state index is 10.5. The second-order valence-electron chi connectivity index (χ2n) is 6.04. The summed E-state index contributed by atoms with van der Waals surface area (Å²) < 4.78 is 2.17. The van der Waals surface area contributed by atoms with Crippen molar-refractivity contribution in [3.8, 4) is 0 Å². The van der Waals surface area contributed by atoms with Crippen LogP contribution in [0.1, 0.15) is 37.4 Å². The van der Waals surface area contributed by atoms with Crippen LogP contribution < -0.4 is 0 Å². The lowest BCUT2D eigenvalue weighted by Gasteiger charge is -2.02. The molecule has 0 saturated heterocycles. The highest BCUT2D eigenvalue weighted by atomic mass is 16.4. The van der Waals surface area contributed by atoms with Gasteiger partial charge in [0.05, 0.1) is 11.1 Å². The Kier molecular flexibility index (Phi) is 6.33. The molecule has 1 heterocycles. The molecule has 0 aliphatic heterocycles. The fourth-order valence-corrected chi connectivity index (χ4v) is 2.41. The van der Waals surface area contributed by atoms with Crippen LogP contribution in [0.5, 0.6) is 0 Å². The van der Waals surface area contributed by atoms with Crippen molar-refractivity contribution in [2.75, 3.05) is 0 Å².